The summed E-state index contributed by atoms with van der Waals surface area (Å²) >= 11 is 0. The predicted octanol–water partition coefficient (Wildman–Crippen LogP) is 0.987. The highest BCUT2D eigenvalue weighted by atomic mass is 16.5. The number of likely N-dealkylation sites (tertiary alicyclic amines) is 1. The number of methoxy groups -OCH3 is 1. The zero-order chi connectivity index (χ0) is 12.0. The van der Waals surface area contributed by atoms with Crippen molar-refractivity contribution in [2.75, 3.05) is 7.11 Å². The summed E-state index contributed by atoms with van der Waals surface area (Å²) in [7, 11) is 1.50. The van der Waals surface area contributed by atoms with Gasteiger partial charge in [-0.3, -0.25) is 4.79 Å². The smallest absolute Gasteiger partial charge is 0.254 e. The molecule has 0 radical (unpaired) electrons. The average molecular weight is 215 g/mol. The minimum atomic E-state index is -0.796. The lowest BCUT2D eigenvalue weighted by molar-refractivity contribution is -0.145. The highest BCUT2D eigenvalue weighted by Crippen LogP contribution is 2.40. The molecule has 1 aliphatic rings. The first-order valence-corrected chi connectivity index (χ1v) is 5.18. The summed E-state index contributed by atoms with van der Waals surface area (Å²) in [6.07, 6.45) is -1.36. The van der Waals surface area contributed by atoms with E-state index in [9.17, 15) is 9.90 Å². The van der Waals surface area contributed by atoms with E-state index in [2.05, 4.69) is 0 Å². The van der Waals surface area contributed by atoms with Crippen molar-refractivity contribution in [2.24, 2.45) is 5.41 Å². The second kappa shape index (κ2) is 3.46. The number of aliphatic hydroxyl groups excluding tert-OH is 1. The van der Waals surface area contributed by atoms with Crippen molar-refractivity contribution in [3.63, 3.8) is 0 Å². The van der Waals surface area contributed by atoms with Gasteiger partial charge in [0.05, 0.1) is 0 Å². The van der Waals surface area contributed by atoms with E-state index in [0.717, 1.165) is 0 Å². The first kappa shape index (κ1) is 12.5. The van der Waals surface area contributed by atoms with Crippen LogP contribution in [0.5, 0.6) is 0 Å². The van der Waals surface area contributed by atoms with E-state index in [1.807, 2.05) is 34.6 Å². The molecule has 0 aromatic carbocycles. The molecule has 0 bridgehead atoms. The van der Waals surface area contributed by atoms with Gasteiger partial charge < -0.3 is 14.7 Å². The molecular formula is C11H21NO3. The van der Waals surface area contributed by atoms with E-state index >= 15 is 0 Å². The zero-order valence-electron chi connectivity index (χ0n) is 10.4. The minimum Gasteiger partial charge on any atom is -0.373 e. The molecule has 0 aliphatic carbocycles. The summed E-state index contributed by atoms with van der Waals surface area (Å²) in [4.78, 5) is 13.6. The van der Waals surface area contributed by atoms with Gasteiger partial charge in [0.1, 0.15) is 12.3 Å². The fourth-order valence-electron chi connectivity index (χ4n) is 2.14. The molecule has 0 saturated carbocycles. The number of nitrogens with zero attached hydrogens (tertiary/aromatic N) is 1. The van der Waals surface area contributed by atoms with E-state index in [4.69, 9.17) is 4.74 Å². The summed E-state index contributed by atoms with van der Waals surface area (Å²) in [6, 6.07) is 0. The molecular weight excluding hydrogens is 194 g/mol. The summed E-state index contributed by atoms with van der Waals surface area (Å²) in [6.45, 7) is 9.40. The number of hydrogen-bond acceptors (Lipinski definition) is 3. The largest absolute Gasteiger partial charge is 0.373 e. The zero-order valence-corrected chi connectivity index (χ0v) is 10.4. The van der Waals surface area contributed by atoms with Crippen LogP contribution in [0, 0.1) is 5.41 Å². The van der Waals surface area contributed by atoms with Gasteiger partial charge in [-0.2, -0.15) is 0 Å². The Bertz CT molecular complexity index is 267. The topological polar surface area (TPSA) is 49.8 Å². The lowest BCUT2D eigenvalue weighted by Gasteiger charge is -2.37. The molecule has 0 aromatic rings. The summed E-state index contributed by atoms with van der Waals surface area (Å²) < 4.78 is 5.18. The normalized spacial score (nSPS) is 31.1. The lowest BCUT2D eigenvalue weighted by Crippen LogP contribution is -2.49. The van der Waals surface area contributed by atoms with E-state index < -0.39 is 17.7 Å². The van der Waals surface area contributed by atoms with Gasteiger partial charge in [-0.05, 0) is 20.8 Å². The highest BCUT2D eigenvalue weighted by Gasteiger charge is 2.56. The Balaban J connectivity index is 3.11. The van der Waals surface area contributed by atoms with Gasteiger partial charge in [0, 0.05) is 18.1 Å². The van der Waals surface area contributed by atoms with Crippen LogP contribution < -0.4 is 0 Å². The first-order chi connectivity index (χ1) is 6.64. The van der Waals surface area contributed by atoms with Gasteiger partial charge in [0.2, 0.25) is 0 Å². The van der Waals surface area contributed by atoms with Crippen LogP contribution in [0.2, 0.25) is 0 Å². The van der Waals surface area contributed by atoms with Crippen molar-refractivity contribution in [1.29, 1.82) is 0 Å². The standard InChI is InChI=1S/C11H21NO3/c1-10(2,3)12-8(13)7(15-6)11(4,5)9(12)14/h7,9,14H,1-6H3/t7-,9+/m1/s1. The second-order valence-electron chi connectivity index (χ2n) is 5.69. The maximum Gasteiger partial charge on any atom is 0.254 e. The maximum absolute atomic E-state index is 12.1. The molecule has 1 rings (SSSR count). The fourth-order valence-corrected chi connectivity index (χ4v) is 2.14. The number of hydrogen-bond donors (Lipinski definition) is 1. The van der Waals surface area contributed by atoms with Gasteiger partial charge in [0.25, 0.3) is 5.91 Å². The molecule has 0 unspecified atom stereocenters. The average Bonchev–Trinajstić information content (AvgIpc) is 2.17. The first-order valence-electron chi connectivity index (χ1n) is 5.18. The van der Waals surface area contributed by atoms with Crippen LogP contribution in [0.4, 0.5) is 0 Å². The fraction of sp³-hybridized carbons (Fsp3) is 0.909. The number of aliphatic hydroxyl groups is 1. The Kier molecular flexibility index (Phi) is 2.87. The number of rotatable bonds is 1. The Labute approximate surface area is 91.2 Å². The minimum absolute atomic E-state index is 0.137. The molecule has 15 heavy (non-hydrogen) atoms. The van der Waals surface area contributed by atoms with Crippen LogP contribution in [-0.2, 0) is 9.53 Å². The van der Waals surface area contributed by atoms with E-state index in [0.29, 0.717) is 0 Å². The molecule has 1 N–H and O–H groups in total. The van der Waals surface area contributed by atoms with Crippen LogP contribution >= 0.6 is 0 Å². The van der Waals surface area contributed by atoms with Crippen LogP contribution in [0.1, 0.15) is 34.6 Å². The molecule has 0 spiro atoms. The molecule has 1 aliphatic heterocycles. The summed E-state index contributed by atoms with van der Waals surface area (Å²) in [5.41, 5.74) is -0.958. The number of ether oxygens (including phenoxy) is 1. The predicted molar refractivity (Wildman–Crippen MR) is 57.2 cm³/mol. The van der Waals surface area contributed by atoms with Gasteiger partial charge in [-0.25, -0.2) is 0 Å². The third-order valence-corrected chi connectivity index (χ3v) is 3.01. The Morgan fingerprint density at radius 2 is 1.87 bits per heavy atom. The summed E-state index contributed by atoms with van der Waals surface area (Å²) in [5.74, 6) is -0.137. The third-order valence-electron chi connectivity index (χ3n) is 3.01. The number of amides is 1. The van der Waals surface area contributed by atoms with Gasteiger partial charge in [-0.15, -0.1) is 0 Å². The van der Waals surface area contributed by atoms with Crippen LogP contribution in [0.3, 0.4) is 0 Å². The molecule has 1 saturated heterocycles. The second-order valence-corrected chi connectivity index (χ2v) is 5.69. The van der Waals surface area contributed by atoms with Gasteiger partial charge >= 0.3 is 0 Å². The monoisotopic (exact) mass is 215 g/mol. The van der Waals surface area contributed by atoms with Crippen molar-refractivity contribution in [3.8, 4) is 0 Å². The van der Waals surface area contributed by atoms with Crippen molar-refractivity contribution in [2.45, 2.75) is 52.5 Å². The van der Waals surface area contributed by atoms with E-state index in [-0.39, 0.29) is 11.4 Å². The number of carbonyl (C=O) groups excluding carboxylic acids is 1. The van der Waals surface area contributed by atoms with Crippen LogP contribution in [0.15, 0.2) is 0 Å². The van der Waals surface area contributed by atoms with Crippen molar-refractivity contribution in [3.05, 3.63) is 0 Å². The third kappa shape index (κ3) is 1.76. The Hall–Kier alpha value is -0.610. The Morgan fingerprint density at radius 3 is 2.07 bits per heavy atom. The highest BCUT2D eigenvalue weighted by molar-refractivity contribution is 5.85. The van der Waals surface area contributed by atoms with E-state index in [1.165, 1.54) is 12.0 Å². The summed E-state index contributed by atoms with van der Waals surface area (Å²) in [5, 5.41) is 10.1. The lowest BCUT2D eigenvalue weighted by atomic mass is 9.87. The molecule has 0 aromatic heterocycles. The maximum atomic E-state index is 12.1. The van der Waals surface area contributed by atoms with Crippen molar-refractivity contribution < 1.29 is 14.6 Å². The van der Waals surface area contributed by atoms with Gasteiger partial charge in [0.15, 0.2) is 0 Å². The van der Waals surface area contributed by atoms with Gasteiger partial charge in [-0.1, -0.05) is 13.8 Å². The van der Waals surface area contributed by atoms with Crippen LogP contribution in [0.25, 0.3) is 0 Å². The number of carbonyl (C=O) groups is 1. The van der Waals surface area contributed by atoms with Crippen molar-refractivity contribution >= 4 is 5.91 Å². The molecule has 1 heterocycles. The molecule has 1 fully saturated rings. The van der Waals surface area contributed by atoms with Crippen LogP contribution in [-0.4, -0.2) is 40.9 Å². The molecule has 4 nitrogen and oxygen atoms in total. The molecule has 4 heteroatoms. The van der Waals surface area contributed by atoms with Crippen molar-refractivity contribution in [1.82, 2.24) is 4.90 Å². The molecule has 88 valence electrons. The van der Waals surface area contributed by atoms with E-state index in [1.54, 1.807) is 0 Å². The molecule has 1 amide bonds. The SMILES string of the molecule is CO[C@@H]1C(=O)N(C(C)(C)C)[C@@H](O)C1(C)C. The quantitative estimate of drug-likeness (QED) is 0.709. The Morgan fingerprint density at radius 1 is 1.40 bits per heavy atom. The molecule has 2 atom stereocenters.